The van der Waals surface area contributed by atoms with Crippen molar-refractivity contribution in [3.8, 4) is 0 Å². The first-order chi connectivity index (χ1) is 13.4. The number of rotatable bonds is 5. The maximum Gasteiger partial charge on any atom is 0.335 e. The van der Waals surface area contributed by atoms with Crippen molar-refractivity contribution in [3.63, 3.8) is 0 Å². The first-order valence-electron chi connectivity index (χ1n) is 8.63. The van der Waals surface area contributed by atoms with Gasteiger partial charge in [-0.1, -0.05) is 60.7 Å². The number of carbonyl (C=O) groups excluding carboxylic acids is 1. The van der Waals surface area contributed by atoms with Gasteiger partial charge in [0, 0.05) is 0 Å². The van der Waals surface area contributed by atoms with E-state index in [1.54, 1.807) is 60.7 Å². The lowest BCUT2D eigenvalue weighted by Crippen LogP contribution is -2.60. The van der Waals surface area contributed by atoms with E-state index in [-0.39, 0.29) is 0 Å². The van der Waals surface area contributed by atoms with E-state index in [1.165, 1.54) is 0 Å². The molecule has 2 aromatic carbocycles. The lowest BCUT2D eigenvalue weighted by atomic mass is 9.91. The van der Waals surface area contributed by atoms with Gasteiger partial charge in [-0.3, -0.25) is 4.79 Å². The van der Waals surface area contributed by atoms with Crippen LogP contribution < -0.4 is 0 Å². The molecule has 28 heavy (non-hydrogen) atoms. The Labute approximate surface area is 160 Å². The molecule has 1 aliphatic rings. The van der Waals surface area contributed by atoms with Crippen LogP contribution in [-0.4, -0.2) is 63.1 Å². The van der Waals surface area contributed by atoms with Crippen LogP contribution >= 0.6 is 0 Å². The van der Waals surface area contributed by atoms with E-state index in [0.29, 0.717) is 11.1 Å². The first-order valence-corrected chi connectivity index (χ1v) is 8.63. The molecule has 2 aromatic rings. The van der Waals surface area contributed by atoms with Crippen molar-refractivity contribution in [2.75, 3.05) is 0 Å². The summed E-state index contributed by atoms with van der Waals surface area (Å²) in [6, 6.07) is 17.5. The summed E-state index contributed by atoms with van der Waals surface area (Å²) in [5.74, 6) is -3.21. The summed E-state index contributed by atoms with van der Waals surface area (Å²) in [4.78, 5) is 24.1. The fourth-order valence-electron chi connectivity index (χ4n) is 3.09. The molecular formula is C20H20O8. The second-order valence-corrected chi connectivity index (χ2v) is 6.43. The summed E-state index contributed by atoms with van der Waals surface area (Å²) in [6.07, 6.45) is -9.10. The highest BCUT2D eigenvalue weighted by molar-refractivity contribution is 5.82. The van der Waals surface area contributed by atoms with Crippen LogP contribution in [0.5, 0.6) is 0 Å². The fourth-order valence-corrected chi connectivity index (χ4v) is 3.09. The number of carboxylic acids is 1. The molecule has 0 bridgehead atoms. The molecule has 0 aliphatic carbocycles. The summed E-state index contributed by atoms with van der Waals surface area (Å²) in [6.45, 7) is 0. The predicted octanol–water partition coefficient (Wildman–Crippen LogP) is 0.254. The number of aliphatic carboxylic acids is 1. The molecule has 0 amide bonds. The van der Waals surface area contributed by atoms with E-state index in [4.69, 9.17) is 14.6 Å². The van der Waals surface area contributed by atoms with Crippen LogP contribution in [0, 0.1) is 0 Å². The van der Waals surface area contributed by atoms with Gasteiger partial charge in [0.05, 0.1) is 0 Å². The summed E-state index contributed by atoms with van der Waals surface area (Å²) in [7, 11) is 0. The molecule has 0 radical (unpaired) electrons. The van der Waals surface area contributed by atoms with Crippen molar-refractivity contribution in [2.24, 2.45) is 0 Å². The molecule has 8 heteroatoms. The third-order valence-corrected chi connectivity index (χ3v) is 4.55. The topological polar surface area (TPSA) is 134 Å². The Morgan fingerprint density at radius 1 is 0.821 bits per heavy atom. The van der Waals surface area contributed by atoms with E-state index < -0.39 is 48.6 Å². The first kappa shape index (κ1) is 20.0. The molecule has 1 aliphatic heterocycles. The number of hydrogen-bond acceptors (Lipinski definition) is 7. The zero-order valence-corrected chi connectivity index (χ0v) is 14.7. The number of carboxylic acid groups (broad SMARTS) is 1. The highest BCUT2D eigenvalue weighted by atomic mass is 16.7. The standard InChI is InChI=1S/C20H20O8/c21-14-15(22)17(18(24)25)27-20(16(14)23)28-19(26)13(11-7-3-1-4-8-11)12-9-5-2-6-10-12/h1-10,13-17,20-23H,(H,24,25). The van der Waals surface area contributed by atoms with Gasteiger partial charge in [-0.05, 0) is 11.1 Å². The second kappa shape index (κ2) is 8.49. The molecule has 8 nitrogen and oxygen atoms in total. The number of aliphatic hydroxyl groups is 3. The van der Waals surface area contributed by atoms with Gasteiger partial charge in [0.15, 0.2) is 6.10 Å². The number of ether oxygens (including phenoxy) is 2. The highest BCUT2D eigenvalue weighted by Crippen LogP contribution is 2.29. The van der Waals surface area contributed by atoms with Gasteiger partial charge in [-0.15, -0.1) is 0 Å². The van der Waals surface area contributed by atoms with Gasteiger partial charge in [0.25, 0.3) is 0 Å². The van der Waals surface area contributed by atoms with Crippen molar-refractivity contribution >= 4 is 11.9 Å². The van der Waals surface area contributed by atoms with Gasteiger partial charge in [-0.25, -0.2) is 4.79 Å². The third-order valence-electron chi connectivity index (χ3n) is 4.55. The SMILES string of the molecule is O=C(OC1OC(C(=O)O)C(O)C(O)C1O)C(c1ccccc1)c1ccccc1. The highest BCUT2D eigenvalue weighted by Gasteiger charge is 2.49. The van der Waals surface area contributed by atoms with Gasteiger partial charge < -0.3 is 29.9 Å². The van der Waals surface area contributed by atoms with Crippen molar-refractivity contribution < 1.29 is 39.5 Å². The maximum atomic E-state index is 12.9. The molecule has 1 heterocycles. The van der Waals surface area contributed by atoms with Crippen LogP contribution in [-0.2, 0) is 19.1 Å². The number of benzene rings is 2. The van der Waals surface area contributed by atoms with E-state index in [1.807, 2.05) is 0 Å². The maximum absolute atomic E-state index is 12.9. The molecule has 0 aromatic heterocycles. The van der Waals surface area contributed by atoms with Gasteiger partial charge in [0.1, 0.15) is 24.2 Å². The zero-order chi connectivity index (χ0) is 20.3. The largest absolute Gasteiger partial charge is 0.479 e. The van der Waals surface area contributed by atoms with Gasteiger partial charge in [0.2, 0.25) is 6.29 Å². The van der Waals surface area contributed by atoms with Crippen molar-refractivity contribution in [1.82, 2.24) is 0 Å². The fraction of sp³-hybridized carbons (Fsp3) is 0.300. The third kappa shape index (κ3) is 4.05. The van der Waals surface area contributed by atoms with Gasteiger partial charge in [-0.2, -0.15) is 0 Å². The summed E-state index contributed by atoms with van der Waals surface area (Å²) < 4.78 is 10.3. The minimum Gasteiger partial charge on any atom is -0.479 e. The predicted molar refractivity (Wildman–Crippen MR) is 95.1 cm³/mol. The quantitative estimate of drug-likeness (QED) is 0.536. The summed E-state index contributed by atoms with van der Waals surface area (Å²) in [5, 5.41) is 38.8. The Morgan fingerprint density at radius 2 is 1.32 bits per heavy atom. The van der Waals surface area contributed by atoms with Crippen LogP contribution in [0.4, 0.5) is 0 Å². The Hall–Kier alpha value is -2.78. The number of carbonyl (C=O) groups is 2. The molecule has 1 saturated heterocycles. The average Bonchev–Trinajstić information content (AvgIpc) is 2.70. The van der Waals surface area contributed by atoms with Crippen LogP contribution in [0.25, 0.3) is 0 Å². The minimum absolute atomic E-state index is 0.624. The molecule has 0 spiro atoms. The molecule has 4 N–H and O–H groups in total. The zero-order valence-electron chi connectivity index (χ0n) is 14.7. The average molecular weight is 388 g/mol. The molecule has 148 valence electrons. The number of aliphatic hydroxyl groups excluding tert-OH is 3. The van der Waals surface area contributed by atoms with Crippen LogP contribution in [0.1, 0.15) is 17.0 Å². The lowest BCUT2D eigenvalue weighted by Gasteiger charge is -2.38. The van der Waals surface area contributed by atoms with Gasteiger partial charge >= 0.3 is 11.9 Å². The normalized spacial score (nSPS) is 27.4. The molecule has 3 rings (SSSR count). The molecule has 5 unspecified atom stereocenters. The second-order valence-electron chi connectivity index (χ2n) is 6.43. The Kier molecular flexibility index (Phi) is 6.05. The molecular weight excluding hydrogens is 368 g/mol. The Bertz CT molecular complexity index is 770. The Balaban J connectivity index is 1.86. The van der Waals surface area contributed by atoms with Crippen molar-refractivity contribution in [3.05, 3.63) is 71.8 Å². The van der Waals surface area contributed by atoms with E-state index in [2.05, 4.69) is 0 Å². The van der Waals surface area contributed by atoms with Crippen molar-refractivity contribution in [2.45, 2.75) is 36.6 Å². The number of esters is 1. The monoisotopic (exact) mass is 388 g/mol. The molecule has 0 saturated carbocycles. The summed E-state index contributed by atoms with van der Waals surface area (Å²) in [5.41, 5.74) is 1.25. The lowest BCUT2D eigenvalue weighted by molar-refractivity contribution is -0.286. The molecule has 1 fully saturated rings. The number of hydrogen-bond donors (Lipinski definition) is 4. The van der Waals surface area contributed by atoms with Crippen LogP contribution in [0.15, 0.2) is 60.7 Å². The van der Waals surface area contributed by atoms with E-state index >= 15 is 0 Å². The minimum atomic E-state index is -1.86. The van der Waals surface area contributed by atoms with Crippen LogP contribution in [0.2, 0.25) is 0 Å². The van der Waals surface area contributed by atoms with E-state index in [9.17, 15) is 24.9 Å². The summed E-state index contributed by atoms with van der Waals surface area (Å²) >= 11 is 0. The smallest absolute Gasteiger partial charge is 0.335 e. The van der Waals surface area contributed by atoms with Crippen LogP contribution in [0.3, 0.4) is 0 Å². The molecule has 5 atom stereocenters. The van der Waals surface area contributed by atoms with Crippen molar-refractivity contribution in [1.29, 1.82) is 0 Å². The van der Waals surface area contributed by atoms with E-state index in [0.717, 1.165) is 0 Å². The Morgan fingerprint density at radius 3 is 1.79 bits per heavy atom.